The summed E-state index contributed by atoms with van der Waals surface area (Å²) in [6.45, 7) is 2.79. The van der Waals surface area contributed by atoms with Crippen molar-refractivity contribution in [2.45, 2.75) is 30.7 Å². The van der Waals surface area contributed by atoms with E-state index in [2.05, 4.69) is 9.80 Å². The van der Waals surface area contributed by atoms with Crippen LogP contribution >= 0.6 is 23.2 Å². The molecule has 2 aromatic rings. The Bertz CT molecular complexity index is 864. The van der Waals surface area contributed by atoms with Gasteiger partial charge in [0.1, 0.15) is 17.6 Å². The lowest BCUT2D eigenvalue weighted by Crippen LogP contribution is -2.60. The van der Waals surface area contributed by atoms with Gasteiger partial charge < -0.3 is 14.9 Å². The zero-order valence-corrected chi connectivity index (χ0v) is 17.9. The van der Waals surface area contributed by atoms with Crippen LogP contribution in [0.4, 0.5) is 0 Å². The van der Waals surface area contributed by atoms with Gasteiger partial charge >= 0.3 is 0 Å². The molecule has 2 aliphatic heterocycles. The molecule has 0 radical (unpaired) electrons. The average molecular weight is 437 g/mol. The first-order valence-electron chi connectivity index (χ1n) is 9.88. The molecule has 5 nitrogen and oxygen atoms in total. The maximum Gasteiger partial charge on any atom is 0.137 e. The highest BCUT2D eigenvalue weighted by Crippen LogP contribution is 2.38. The number of piperidine rings is 1. The molecular formula is C22H26Cl2N2O3. The van der Waals surface area contributed by atoms with Gasteiger partial charge in [0.2, 0.25) is 0 Å². The quantitative estimate of drug-likeness (QED) is 0.765. The lowest BCUT2D eigenvalue weighted by atomic mass is 9.82. The Morgan fingerprint density at radius 3 is 2.62 bits per heavy atom. The van der Waals surface area contributed by atoms with Crippen LogP contribution in [-0.4, -0.2) is 59.3 Å². The SMILES string of the molecule is COc1cccc(C(O)N2CCN3C[C@@](O)(c4ccc(Cl)cc4)CC[C@@H]3C2)c1Cl. The molecule has 2 aromatic carbocycles. The lowest BCUT2D eigenvalue weighted by molar-refractivity contribution is -0.104. The molecule has 2 heterocycles. The van der Waals surface area contributed by atoms with E-state index in [9.17, 15) is 10.2 Å². The molecule has 0 aliphatic carbocycles. The molecule has 0 saturated carbocycles. The molecule has 0 bridgehead atoms. The van der Waals surface area contributed by atoms with Crippen LogP contribution in [0.5, 0.6) is 5.75 Å². The standard InChI is InChI=1S/C22H26Cl2N2O3/c1-29-19-4-2-3-18(20(19)24)21(27)25-11-12-26-14-22(28,10-9-17(26)13-25)15-5-7-16(23)8-6-15/h2-8,17,21,27-28H,9-14H2,1H3/t17-,21?,22-/m1/s1. The number of benzene rings is 2. The highest BCUT2D eigenvalue weighted by molar-refractivity contribution is 6.32. The van der Waals surface area contributed by atoms with E-state index in [0.717, 1.165) is 25.1 Å². The molecule has 2 aliphatic rings. The summed E-state index contributed by atoms with van der Waals surface area (Å²) >= 11 is 12.4. The van der Waals surface area contributed by atoms with Crippen molar-refractivity contribution in [1.82, 2.24) is 9.80 Å². The van der Waals surface area contributed by atoms with Crippen molar-refractivity contribution in [2.24, 2.45) is 0 Å². The summed E-state index contributed by atoms with van der Waals surface area (Å²) in [5.74, 6) is 0.563. The van der Waals surface area contributed by atoms with Crippen molar-refractivity contribution in [3.63, 3.8) is 0 Å². The van der Waals surface area contributed by atoms with Gasteiger partial charge in [0.25, 0.3) is 0 Å². The number of hydrogen-bond donors (Lipinski definition) is 2. The molecule has 4 rings (SSSR count). The van der Waals surface area contributed by atoms with Crippen LogP contribution in [0.1, 0.15) is 30.2 Å². The number of halogens is 2. The van der Waals surface area contributed by atoms with E-state index in [4.69, 9.17) is 27.9 Å². The van der Waals surface area contributed by atoms with Crippen LogP contribution in [0.3, 0.4) is 0 Å². The molecule has 0 aromatic heterocycles. The van der Waals surface area contributed by atoms with Gasteiger partial charge in [0.05, 0.1) is 12.1 Å². The summed E-state index contributed by atoms with van der Waals surface area (Å²) in [4.78, 5) is 4.38. The zero-order valence-electron chi connectivity index (χ0n) is 16.4. The molecule has 2 N–H and O–H groups in total. The maximum absolute atomic E-state index is 11.2. The van der Waals surface area contributed by atoms with E-state index in [-0.39, 0.29) is 6.04 Å². The van der Waals surface area contributed by atoms with Crippen LogP contribution in [0.2, 0.25) is 10.0 Å². The number of piperazine rings is 1. The number of aliphatic hydroxyl groups is 2. The van der Waals surface area contributed by atoms with E-state index in [1.165, 1.54) is 0 Å². The van der Waals surface area contributed by atoms with Crippen LogP contribution in [0.15, 0.2) is 42.5 Å². The van der Waals surface area contributed by atoms with Crippen LogP contribution < -0.4 is 4.74 Å². The highest BCUT2D eigenvalue weighted by atomic mass is 35.5. The van der Waals surface area contributed by atoms with Gasteiger partial charge in [-0.2, -0.15) is 0 Å². The van der Waals surface area contributed by atoms with Crippen molar-refractivity contribution in [3.8, 4) is 5.75 Å². The van der Waals surface area contributed by atoms with Crippen LogP contribution in [-0.2, 0) is 5.60 Å². The van der Waals surface area contributed by atoms with Gasteiger partial charge in [-0.1, -0.05) is 47.5 Å². The number of nitrogens with zero attached hydrogens (tertiary/aromatic N) is 2. The van der Waals surface area contributed by atoms with Gasteiger partial charge in [-0.15, -0.1) is 0 Å². The molecule has 2 saturated heterocycles. The molecule has 7 heteroatoms. The Hall–Kier alpha value is -1.34. The topological polar surface area (TPSA) is 56.2 Å². The predicted octanol–water partition coefficient (Wildman–Crippen LogP) is 3.66. The fourth-order valence-electron chi connectivity index (χ4n) is 4.52. The summed E-state index contributed by atoms with van der Waals surface area (Å²) < 4.78 is 5.28. The monoisotopic (exact) mass is 436 g/mol. The molecule has 29 heavy (non-hydrogen) atoms. The summed E-state index contributed by atoms with van der Waals surface area (Å²) in [7, 11) is 1.57. The van der Waals surface area contributed by atoms with E-state index >= 15 is 0 Å². The molecule has 0 amide bonds. The fraction of sp³-hybridized carbons (Fsp3) is 0.455. The van der Waals surface area contributed by atoms with Gasteiger partial charge in [0.15, 0.2) is 0 Å². The smallest absolute Gasteiger partial charge is 0.137 e. The van der Waals surface area contributed by atoms with Crippen molar-refractivity contribution in [3.05, 3.63) is 63.6 Å². The third kappa shape index (κ3) is 4.13. The summed E-state index contributed by atoms with van der Waals surface area (Å²) in [5.41, 5.74) is 0.705. The van der Waals surface area contributed by atoms with Crippen molar-refractivity contribution in [2.75, 3.05) is 33.3 Å². The second kappa shape index (κ2) is 8.42. The maximum atomic E-state index is 11.2. The largest absolute Gasteiger partial charge is 0.495 e. The van der Waals surface area contributed by atoms with E-state index < -0.39 is 11.8 Å². The number of rotatable bonds is 4. The lowest BCUT2D eigenvalue weighted by Gasteiger charge is -2.50. The molecular weight excluding hydrogens is 411 g/mol. The van der Waals surface area contributed by atoms with Gasteiger partial charge in [-0.3, -0.25) is 9.80 Å². The molecule has 1 unspecified atom stereocenters. The zero-order chi connectivity index (χ0) is 20.6. The number of hydrogen-bond acceptors (Lipinski definition) is 5. The Morgan fingerprint density at radius 2 is 1.90 bits per heavy atom. The third-order valence-electron chi connectivity index (χ3n) is 6.21. The van der Waals surface area contributed by atoms with Gasteiger partial charge in [-0.25, -0.2) is 0 Å². The predicted molar refractivity (Wildman–Crippen MR) is 114 cm³/mol. The van der Waals surface area contributed by atoms with Crippen LogP contribution in [0, 0.1) is 0 Å². The Kier molecular flexibility index (Phi) is 6.07. The molecule has 3 atom stereocenters. The minimum atomic E-state index is -0.863. The average Bonchev–Trinajstić information content (AvgIpc) is 2.73. The summed E-state index contributed by atoms with van der Waals surface area (Å²) in [5, 5.41) is 23.3. The minimum Gasteiger partial charge on any atom is -0.495 e. The van der Waals surface area contributed by atoms with Crippen LogP contribution in [0.25, 0.3) is 0 Å². The fourth-order valence-corrected chi connectivity index (χ4v) is 4.95. The Balaban J connectivity index is 1.45. The van der Waals surface area contributed by atoms with Gasteiger partial charge in [-0.05, 0) is 36.6 Å². The molecule has 156 valence electrons. The van der Waals surface area contributed by atoms with E-state index in [0.29, 0.717) is 40.9 Å². The van der Waals surface area contributed by atoms with E-state index in [1.54, 1.807) is 13.2 Å². The second-order valence-electron chi connectivity index (χ2n) is 7.93. The Morgan fingerprint density at radius 1 is 1.14 bits per heavy atom. The number of methoxy groups -OCH3 is 1. The summed E-state index contributed by atoms with van der Waals surface area (Å²) in [6.07, 6.45) is 0.755. The number of fused-ring (bicyclic) bond motifs is 1. The number of ether oxygens (including phenoxy) is 1. The summed E-state index contributed by atoms with van der Waals surface area (Å²) in [6, 6.07) is 13.2. The molecule has 0 spiro atoms. The highest BCUT2D eigenvalue weighted by Gasteiger charge is 2.42. The van der Waals surface area contributed by atoms with Crippen molar-refractivity contribution in [1.29, 1.82) is 0 Å². The van der Waals surface area contributed by atoms with Crippen molar-refractivity contribution >= 4 is 23.2 Å². The number of aliphatic hydroxyl groups excluding tert-OH is 1. The first-order valence-corrected chi connectivity index (χ1v) is 10.6. The first kappa shape index (κ1) is 20.9. The normalized spacial score (nSPS) is 26.7. The third-order valence-corrected chi connectivity index (χ3v) is 6.87. The second-order valence-corrected chi connectivity index (χ2v) is 8.75. The first-order chi connectivity index (χ1) is 13.9. The minimum absolute atomic E-state index is 0.287. The van der Waals surface area contributed by atoms with E-state index in [1.807, 2.05) is 36.4 Å². The van der Waals surface area contributed by atoms with Gasteiger partial charge in [0, 0.05) is 42.8 Å². The molecule has 2 fully saturated rings. The Labute approximate surface area is 181 Å². The van der Waals surface area contributed by atoms with Crippen molar-refractivity contribution < 1.29 is 14.9 Å².